The van der Waals surface area contributed by atoms with Gasteiger partial charge in [0.05, 0.1) is 6.61 Å². The third kappa shape index (κ3) is 18.7. The first-order chi connectivity index (χ1) is 14.2. The van der Waals surface area contributed by atoms with E-state index in [0.717, 1.165) is 58.0 Å². The lowest BCUT2D eigenvalue weighted by Crippen LogP contribution is -2.32. The SMILES string of the molecule is CCCCCCCN(CCCCCCC)C(=O)CCCCC(=O)OCCCCC. The second kappa shape index (κ2) is 21.6. The van der Waals surface area contributed by atoms with E-state index in [1.807, 2.05) is 0 Å². The van der Waals surface area contributed by atoms with Crippen molar-refractivity contribution in [1.82, 2.24) is 4.90 Å². The van der Waals surface area contributed by atoms with Crippen molar-refractivity contribution < 1.29 is 14.3 Å². The van der Waals surface area contributed by atoms with Gasteiger partial charge in [-0.05, 0) is 32.1 Å². The summed E-state index contributed by atoms with van der Waals surface area (Å²) in [6, 6.07) is 0. The Labute approximate surface area is 181 Å². The molecular weight excluding hydrogens is 362 g/mol. The zero-order valence-electron chi connectivity index (χ0n) is 19.8. The predicted octanol–water partition coefficient (Wildman–Crippen LogP) is 7.05. The maximum absolute atomic E-state index is 12.7. The van der Waals surface area contributed by atoms with E-state index in [2.05, 4.69) is 25.7 Å². The fraction of sp³-hybridized carbons (Fsp3) is 0.920. The molecule has 0 aromatic carbocycles. The van der Waals surface area contributed by atoms with E-state index in [4.69, 9.17) is 4.74 Å². The zero-order valence-corrected chi connectivity index (χ0v) is 19.8. The van der Waals surface area contributed by atoms with Crippen LogP contribution in [0.2, 0.25) is 0 Å². The normalized spacial score (nSPS) is 10.9. The van der Waals surface area contributed by atoms with Gasteiger partial charge in [-0.3, -0.25) is 9.59 Å². The number of carbonyl (C=O) groups is 2. The van der Waals surface area contributed by atoms with Gasteiger partial charge in [-0.1, -0.05) is 85.0 Å². The molecule has 1 amide bonds. The summed E-state index contributed by atoms with van der Waals surface area (Å²) in [5.41, 5.74) is 0. The molecule has 0 bridgehead atoms. The standard InChI is InChI=1S/C25H49NO3/c1-4-7-10-12-16-21-26(22-17-13-11-8-5-2)24(27)19-14-15-20-25(28)29-23-18-9-6-3/h4-23H2,1-3H3. The Morgan fingerprint density at radius 3 is 1.62 bits per heavy atom. The molecule has 0 rings (SSSR count). The lowest BCUT2D eigenvalue weighted by molar-refractivity contribution is -0.144. The fourth-order valence-electron chi connectivity index (χ4n) is 3.49. The van der Waals surface area contributed by atoms with Crippen LogP contribution in [0.1, 0.15) is 130 Å². The smallest absolute Gasteiger partial charge is 0.305 e. The van der Waals surface area contributed by atoms with Gasteiger partial charge in [-0.2, -0.15) is 0 Å². The molecule has 0 heterocycles. The van der Waals surface area contributed by atoms with Crippen molar-refractivity contribution in [3.05, 3.63) is 0 Å². The van der Waals surface area contributed by atoms with Gasteiger partial charge in [0.2, 0.25) is 5.91 Å². The predicted molar refractivity (Wildman–Crippen MR) is 123 cm³/mol. The van der Waals surface area contributed by atoms with Crippen LogP contribution in [0, 0.1) is 0 Å². The molecule has 0 fully saturated rings. The lowest BCUT2D eigenvalue weighted by Gasteiger charge is -2.23. The molecule has 0 aromatic heterocycles. The molecule has 0 spiro atoms. The van der Waals surface area contributed by atoms with Crippen molar-refractivity contribution >= 4 is 11.9 Å². The summed E-state index contributed by atoms with van der Waals surface area (Å²) in [5.74, 6) is 0.157. The Bertz CT molecular complexity index is 370. The molecule has 0 N–H and O–H groups in total. The minimum atomic E-state index is -0.114. The minimum absolute atomic E-state index is 0.114. The van der Waals surface area contributed by atoms with E-state index in [0.29, 0.717) is 19.4 Å². The van der Waals surface area contributed by atoms with Crippen molar-refractivity contribution in [3.8, 4) is 0 Å². The molecule has 4 nitrogen and oxygen atoms in total. The molecule has 0 unspecified atom stereocenters. The first-order valence-electron chi connectivity index (χ1n) is 12.6. The van der Waals surface area contributed by atoms with Crippen LogP contribution in [0.3, 0.4) is 0 Å². The maximum atomic E-state index is 12.7. The third-order valence-corrected chi connectivity index (χ3v) is 5.45. The Morgan fingerprint density at radius 2 is 1.07 bits per heavy atom. The van der Waals surface area contributed by atoms with Gasteiger partial charge >= 0.3 is 5.97 Å². The number of amides is 1. The number of hydrogen-bond acceptors (Lipinski definition) is 3. The minimum Gasteiger partial charge on any atom is -0.466 e. The molecule has 0 atom stereocenters. The van der Waals surface area contributed by atoms with Gasteiger partial charge in [-0.15, -0.1) is 0 Å². The summed E-state index contributed by atoms with van der Waals surface area (Å²) in [6.45, 7) is 8.93. The number of rotatable bonds is 21. The highest BCUT2D eigenvalue weighted by Gasteiger charge is 2.13. The summed E-state index contributed by atoms with van der Waals surface area (Å²) in [5, 5.41) is 0. The molecule has 0 saturated carbocycles. The topological polar surface area (TPSA) is 46.6 Å². The summed E-state index contributed by atoms with van der Waals surface area (Å²) < 4.78 is 5.23. The lowest BCUT2D eigenvalue weighted by atomic mass is 10.1. The van der Waals surface area contributed by atoms with E-state index in [9.17, 15) is 9.59 Å². The van der Waals surface area contributed by atoms with E-state index >= 15 is 0 Å². The van der Waals surface area contributed by atoms with Crippen LogP contribution < -0.4 is 0 Å². The Hall–Kier alpha value is -1.06. The second-order valence-corrected chi connectivity index (χ2v) is 8.34. The van der Waals surface area contributed by atoms with Crippen LogP contribution in [0.25, 0.3) is 0 Å². The summed E-state index contributed by atoms with van der Waals surface area (Å²) in [4.78, 5) is 26.5. The van der Waals surface area contributed by atoms with Crippen LogP contribution in [-0.2, 0) is 14.3 Å². The highest BCUT2D eigenvalue weighted by Crippen LogP contribution is 2.11. The molecule has 0 saturated heterocycles. The molecular formula is C25H49NO3. The number of carbonyl (C=O) groups excluding carboxylic acids is 2. The summed E-state index contributed by atoms with van der Waals surface area (Å²) in [6.07, 6.45) is 18.0. The average molecular weight is 412 g/mol. The van der Waals surface area contributed by atoms with Crippen LogP contribution in [0.5, 0.6) is 0 Å². The van der Waals surface area contributed by atoms with Gasteiger partial charge in [-0.25, -0.2) is 0 Å². The van der Waals surface area contributed by atoms with Crippen LogP contribution in [-0.4, -0.2) is 36.5 Å². The zero-order chi connectivity index (χ0) is 21.6. The molecule has 29 heavy (non-hydrogen) atoms. The number of unbranched alkanes of at least 4 members (excludes halogenated alkanes) is 11. The van der Waals surface area contributed by atoms with Crippen molar-refractivity contribution in [2.45, 2.75) is 130 Å². The van der Waals surface area contributed by atoms with Gasteiger partial charge in [0.25, 0.3) is 0 Å². The van der Waals surface area contributed by atoms with Crippen LogP contribution in [0.4, 0.5) is 0 Å². The molecule has 0 radical (unpaired) electrons. The van der Waals surface area contributed by atoms with E-state index in [1.54, 1.807) is 0 Å². The molecule has 172 valence electrons. The van der Waals surface area contributed by atoms with Gasteiger partial charge in [0.1, 0.15) is 0 Å². The third-order valence-electron chi connectivity index (χ3n) is 5.45. The number of nitrogens with zero attached hydrogens (tertiary/aromatic N) is 1. The van der Waals surface area contributed by atoms with Crippen LogP contribution >= 0.6 is 0 Å². The molecule has 0 aliphatic heterocycles. The number of esters is 1. The van der Waals surface area contributed by atoms with Crippen molar-refractivity contribution in [2.24, 2.45) is 0 Å². The fourth-order valence-corrected chi connectivity index (χ4v) is 3.49. The quantitative estimate of drug-likeness (QED) is 0.150. The van der Waals surface area contributed by atoms with Gasteiger partial charge in [0.15, 0.2) is 0 Å². The molecule has 0 aliphatic carbocycles. The maximum Gasteiger partial charge on any atom is 0.305 e. The number of hydrogen-bond donors (Lipinski definition) is 0. The number of ether oxygens (including phenoxy) is 1. The van der Waals surface area contributed by atoms with E-state index in [-0.39, 0.29) is 11.9 Å². The van der Waals surface area contributed by atoms with Crippen molar-refractivity contribution in [3.63, 3.8) is 0 Å². The first-order valence-corrected chi connectivity index (χ1v) is 12.6. The van der Waals surface area contributed by atoms with Crippen molar-refractivity contribution in [1.29, 1.82) is 0 Å². The van der Waals surface area contributed by atoms with E-state index in [1.165, 1.54) is 51.4 Å². The Balaban J connectivity index is 4.07. The highest BCUT2D eigenvalue weighted by molar-refractivity contribution is 5.76. The summed E-state index contributed by atoms with van der Waals surface area (Å²) in [7, 11) is 0. The van der Waals surface area contributed by atoms with E-state index < -0.39 is 0 Å². The highest BCUT2D eigenvalue weighted by atomic mass is 16.5. The molecule has 4 heteroatoms. The van der Waals surface area contributed by atoms with Crippen molar-refractivity contribution in [2.75, 3.05) is 19.7 Å². The monoisotopic (exact) mass is 411 g/mol. The largest absolute Gasteiger partial charge is 0.466 e. The molecule has 0 aliphatic rings. The molecule has 0 aromatic rings. The van der Waals surface area contributed by atoms with Gasteiger partial charge < -0.3 is 9.64 Å². The van der Waals surface area contributed by atoms with Gasteiger partial charge in [0, 0.05) is 25.9 Å². The van der Waals surface area contributed by atoms with Crippen LogP contribution in [0.15, 0.2) is 0 Å². The first kappa shape index (κ1) is 27.9. The Kier molecular flexibility index (Phi) is 20.9. The second-order valence-electron chi connectivity index (χ2n) is 8.34. The Morgan fingerprint density at radius 1 is 0.586 bits per heavy atom. The summed E-state index contributed by atoms with van der Waals surface area (Å²) >= 11 is 0. The average Bonchev–Trinajstić information content (AvgIpc) is 2.72.